The van der Waals surface area contributed by atoms with Crippen LogP contribution in [0.4, 0.5) is 5.82 Å². The van der Waals surface area contributed by atoms with Crippen LogP contribution >= 0.6 is 24.8 Å². The number of hydrogen-bond acceptors (Lipinski definition) is 5. The Balaban J connectivity index is 0.00000144. The number of rotatable bonds is 3. The van der Waals surface area contributed by atoms with E-state index in [9.17, 15) is 4.79 Å². The van der Waals surface area contributed by atoms with Gasteiger partial charge in [-0.2, -0.15) is 0 Å². The zero-order valence-electron chi connectivity index (χ0n) is 14.5. The minimum atomic E-state index is -0.557. The maximum atomic E-state index is 12.3. The quantitative estimate of drug-likeness (QED) is 0.872. The fraction of sp³-hybridized carbons (Fsp3) is 0.688. The average molecular weight is 376 g/mol. The molecule has 0 bridgehead atoms. The minimum Gasteiger partial charge on any atom is -0.353 e. The number of amides is 1. The normalized spacial score (nSPS) is 18.7. The summed E-state index contributed by atoms with van der Waals surface area (Å²) in [5, 5.41) is 0. The largest absolute Gasteiger partial charge is 0.353 e. The van der Waals surface area contributed by atoms with Gasteiger partial charge >= 0.3 is 0 Å². The Bertz CT molecular complexity index is 584. The van der Waals surface area contributed by atoms with Gasteiger partial charge in [0.2, 0.25) is 5.91 Å². The van der Waals surface area contributed by atoms with Gasteiger partial charge in [0.25, 0.3) is 0 Å². The highest BCUT2D eigenvalue weighted by atomic mass is 35.5. The lowest BCUT2D eigenvalue weighted by atomic mass is 10.2. The lowest BCUT2D eigenvalue weighted by Gasteiger charge is -2.36. The van der Waals surface area contributed by atoms with Crippen LogP contribution < -0.4 is 10.6 Å². The standard InChI is InChI=1S/C16H25N5O.2ClH/c1-11(2)14-18-12(3)10-13(19-14)20-6-8-21(9-7-20)15(22)16(17)4-5-16;;/h10-11H,4-9,17H2,1-3H3;2*1H. The van der Waals surface area contributed by atoms with Crippen molar-refractivity contribution in [2.45, 2.75) is 45.1 Å². The second-order valence-corrected chi connectivity index (χ2v) is 6.82. The summed E-state index contributed by atoms with van der Waals surface area (Å²) in [7, 11) is 0. The van der Waals surface area contributed by atoms with Gasteiger partial charge in [-0.3, -0.25) is 4.79 Å². The molecule has 1 aliphatic heterocycles. The first-order chi connectivity index (χ1) is 10.4. The fourth-order valence-electron chi connectivity index (χ4n) is 2.80. The van der Waals surface area contributed by atoms with Crippen molar-refractivity contribution >= 4 is 36.5 Å². The number of piperazine rings is 1. The van der Waals surface area contributed by atoms with Gasteiger partial charge in [-0.1, -0.05) is 13.8 Å². The molecule has 0 spiro atoms. The third-order valence-electron chi connectivity index (χ3n) is 4.48. The summed E-state index contributed by atoms with van der Waals surface area (Å²) in [6.07, 6.45) is 1.66. The molecule has 1 amide bonds. The molecule has 2 fully saturated rings. The zero-order chi connectivity index (χ0) is 15.9. The van der Waals surface area contributed by atoms with Crippen LogP contribution in [0.25, 0.3) is 0 Å². The maximum absolute atomic E-state index is 12.3. The van der Waals surface area contributed by atoms with Gasteiger partial charge in [-0.15, -0.1) is 24.8 Å². The molecule has 0 aromatic carbocycles. The summed E-state index contributed by atoms with van der Waals surface area (Å²) >= 11 is 0. The van der Waals surface area contributed by atoms with Crippen LogP contribution in [0.15, 0.2) is 6.07 Å². The second kappa shape index (κ2) is 7.85. The van der Waals surface area contributed by atoms with Gasteiger partial charge < -0.3 is 15.5 Å². The third-order valence-corrected chi connectivity index (χ3v) is 4.48. The number of aromatic nitrogens is 2. The first-order valence-corrected chi connectivity index (χ1v) is 8.08. The first kappa shape index (κ1) is 20.9. The number of halogens is 2. The van der Waals surface area contributed by atoms with Gasteiger partial charge in [0.05, 0.1) is 5.54 Å². The molecule has 1 saturated heterocycles. The minimum absolute atomic E-state index is 0. The van der Waals surface area contributed by atoms with E-state index in [2.05, 4.69) is 28.7 Å². The van der Waals surface area contributed by atoms with Crippen LogP contribution in [-0.4, -0.2) is 52.5 Å². The number of aryl methyl sites for hydroxylation is 1. The number of carbonyl (C=O) groups excluding carboxylic acids is 1. The molecular weight excluding hydrogens is 349 g/mol. The monoisotopic (exact) mass is 375 g/mol. The maximum Gasteiger partial charge on any atom is 0.242 e. The van der Waals surface area contributed by atoms with E-state index in [-0.39, 0.29) is 30.7 Å². The molecule has 0 unspecified atom stereocenters. The van der Waals surface area contributed by atoms with Crippen LogP contribution in [0.1, 0.15) is 44.1 Å². The number of anilines is 1. The Morgan fingerprint density at radius 1 is 1.17 bits per heavy atom. The van der Waals surface area contributed by atoms with E-state index in [1.54, 1.807) is 0 Å². The van der Waals surface area contributed by atoms with Crippen molar-refractivity contribution in [2.24, 2.45) is 5.73 Å². The molecule has 0 radical (unpaired) electrons. The summed E-state index contributed by atoms with van der Waals surface area (Å²) in [6.45, 7) is 9.25. The lowest BCUT2D eigenvalue weighted by Crippen LogP contribution is -2.54. The Hall–Kier alpha value is -1.11. The Kier molecular flexibility index (Phi) is 6.84. The highest BCUT2D eigenvalue weighted by Crippen LogP contribution is 2.34. The molecule has 136 valence electrons. The molecule has 1 aromatic rings. The van der Waals surface area contributed by atoms with Crippen LogP contribution in [0.5, 0.6) is 0 Å². The molecule has 24 heavy (non-hydrogen) atoms. The highest BCUT2D eigenvalue weighted by molar-refractivity contribution is 5.89. The molecule has 1 saturated carbocycles. The summed E-state index contributed by atoms with van der Waals surface area (Å²) in [4.78, 5) is 25.6. The van der Waals surface area contributed by atoms with E-state index < -0.39 is 5.54 Å². The van der Waals surface area contributed by atoms with Crippen LogP contribution in [0.3, 0.4) is 0 Å². The van der Waals surface area contributed by atoms with Crippen molar-refractivity contribution in [1.29, 1.82) is 0 Å². The zero-order valence-corrected chi connectivity index (χ0v) is 16.1. The molecule has 3 rings (SSSR count). The van der Waals surface area contributed by atoms with Gasteiger partial charge in [0.15, 0.2) is 0 Å². The summed E-state index contributed by atoms with van der Waals surface area (Å²) in [6, 6.07) is 2.02. The van der Waals surface area contributed by atoms with Crippen molar-refractivity contribution in [3.05, 3.63) is 17.6 Å². The molecule has 0 atom stereocenters. The highest BCUT2D eigenvalue weighted by Gasteiger charge is 2.48. The summed E-state index contributed by atoms with van der Waals surface area (Å²) in [5.74, 6) is 2.28. The van der Waals surface area contributed by atoms with E-state index in [1.165, 1.54) is 0 Å². The Labute approximate surface area is 156 Å². The van der Waals surface area contributed by atoms with Crippen molar-refractivity contribution < 1.29 is 4.79 Å². The number of hydrogen-bond donors (Lipinski definition) is 1. The van der Waals surface area contributed by atoms with Crippen LogP contribution in [-0.2, 0) is 4.79 Å². The van der Waals surface area contributed by atoms with Gasteiger partial charge in [-0.25, -0.2) is 9.97 Å². The number of nitrogens with two attached hydrogens (primary N) is 1. The van der Waals surface area contributed by atoms with E-state index >= 15 is 0 Å². The Morgan fingerprint density at radius 2 is 1.75 bits per heavy atom. The van der Waals surface area contributed by atoms with Crippen molar-refractivity contribution in [2.75, 3.05) is 31.1 Å². The van der Waals surface area contributed by atoms with Crippen molar-refractivity contribution in [3.63, 3.8) is 0 Å². The van der Waals surface area contributed by atoms with Gasteiger partial charge in [0, 0.05) is 43.9 Å². The molecule has 6 nitrogen and oxygen atoms in total. The molecule has 2 N–H and O–H groups in total. The third kappa shape index (κ3) is 4.29. The van der Waals surface area contributed by atoms with Crippen LogP contribution in [0.2, 0.25) is 0 Å². The average Bonchev–Trinajstić information content (AvgIpc) is 3.25. The summed E-state index contributed by atoms with van der Waals surface area (Å²) in [5.41, 5.74) is 6.45. The molecule has 8 heteroatoms. The Morgan fingerprint density at radius 3 is 2.25 bits per heavy atom. The first-order valence-electron chi connectivity index (χ1n) is 8.08. The van der Waals surface area contributed by atoms with Gasteiger partial charge in [-0.05, 0) is 19.8 Å². The van der Waals surface area contributed by atoms with Crippen LogP contribution in [0, 0.1) is 6.92 Å². The smallest absolute Gasteiger partial charge is 0.242 e. The summed E-state index contributed by atoms with van der Waals surface area (Å²) < 4.78 is 0. The fourth-order valence-corrected chi connectivity index (χ4v) is 2.80. The molecule has 1 aromatic heterocycles. The number of carbonyl (C=O) groups is 1. The van der Waals surface area contributed by atoms with E-state index in [1.807, 2.05) is 17.9 Å². The van der Waals surface area contributed by atoms with E-state index in [0.717, 1.165) is 56.4 Å². The molecule has 2 heterocycles. The topological polar surface area (TPSA) is 75.3 Å². The van der Waals surface area contributed by atoms with E-state index in [0.29, 0.717) is 5.92 Å². The van der Waals surface area contributed by atoms with Gasteiger partial charge in [0.1, 0.15) is 11.6 Å². The molecular formula is C16H27Cl2N5O. The van der Waals surface area contributed by atoms with E-state index in [4.69, 9.17) is 5.73 Å². The van der Waals surface area contributed by atoms with Crippen molar-refractivity contribution in [3.8, 4) is 0 Å². The van der Waals surface area contributed by atoms with Crippen molar-refractivity contribution in [1.82, 2.24) is 14.9 Å². The predicted octanol–water partition coefficient (Wildman–Crippen LogP) is 1.89. The molecule has 1 aliphatic carbocycles. The number of nitrogens with zero attached hydrogens (tertiary/aromatic N) is 4. The SMILES string of the molecule is Cc1cc(N2CCN(C(=O)C3(N)CC3)CC2)nc(C(C)C)n1.Cl.Cl. The lowest BCUT2D eigenvalue weighted by molar-refractivity contribution is -0.133. The molecule has 2 aliphatic rings. The second-order valence-electron chi connectivity index (χ2n) is 6.82. The predicted molar refractivity (Wildman–Crippen MR) is 100 cm³/mol.